The van der Waals surface area contributed by atoms with E-state index in [0.29, 0.717) is 11.4 Å². The molecule has 29 heavy (non-hydrogen) atoms. The maximum absolute atomic E-state index is 12.8. The Balaban J connectivity index is 1.41. The Morgan fingerprint density at radius 2 is 1.79 bits per heavy atom. The first-order valence-corrected chi connectivity index (χ1v) is 10.7. The Labute approximate surface area is 184 Å². The Morgan fingerprint density at radius 1 is 1.07 bits per heavy atom. The van der Waals surface area contributed by atoms with E-state index in [1.807, 2.05) is 24.3 Å². The number of hydrogen-bond acceptors (Lipinski definition) is 5. The van der Waals surface area contributed by atoms with Crippen LogP contribution < -0.4 is 10.2 Å². The molecule has 0 aliphatic carbocycles. The van der Waals surface area contributed by atoms with Crippen LogP contribution in [-0.2, 0) is 9.59 Å². The number of furan rings is 1. The molecule has 2 aromatic carbocycles. The van der Waals surface area contributed by atoms with E-state index in [1.165, 1.54) is 22.9 Å². The first-order chi connectivity index (χ1) is 14.0. The standard InChI is InChI=1S/C21H15IN2O4S/c22-13-3-7-15(8-4-13)24-19(25)12-18(21(24)27)29-16-9-5-14(6-10-16)23-20(26)17-2-1-11-28-17/h1-11,18H,12H2,(H,23,26). The lowest BCUT2D eigenvalue weighted by molar-refractivity contribution is -0.121. The molecule has 2 heterocycles. The van der Waals surface area contributed by atoms with Crippen molar-refractivity contribution in [3.63, 3.8) is 0 Å². The van der Waals surface area contributed by atoms with Gasteiger partial charge in [-0.05, 0) is 83.3 Å². The molecule has 1 aromatic heterocycles. The van der Waals surface area contributed by atoms with Crippen LogP contribution in [0.2, 0.25) is 0 Å². The number of nitrogens with one attached hydrogen (secondary N) is 1. The van der Waals surface area contributed by atoms with Gasteiger partial charge in [0.1, 0.15) is 0 Å². The molecule has 1 unspecified atom stereocenters. The largest absolute Gasteiger partial charge is 0.459 e. The lowest BCUT2D eigenvalue weighted by Gasteiger charge is -2.15. The van der Waals surface area contributed by atoms with E-state index in [0.717, 1.165) is 8.47 Å². The fraction of sp³-hybridized carbons (Fsp3) is 0.0952. The van der Waals surface area contributed by atoms with Crippen LogP contribution in [0.4, 0.5) is 11.4 Å². The molecule has 3 aromatic rings. The molecule has 1 aliphatic rings. The summed E-state index contributed by atoms with van der Waals surface area (Å²) in [6.07, 6.45) is 1.60. The lowest BCUT2D eigenvalue weighted by Crippen LogP contribution is -2.31. The van der Waals surface area contributed by atoms with Crippen LogP contribution in [0.5, 0.6) is 0 Å². The van der Waals surface area contributed by atoms with Gasteiger partial charge in [0.05, 0.1) is 17.2 Å². The molecule has 1 atom stereocenters. The van der Waals surface area contributed by atoms with Crippen molar-refractivity contribution < 1.29 is 18.8 Å². The Kier molecular flexibility index (Phi) is 5.72. The third-order valence-corrected chi connectivity index (χ3v) is 6.24. The van der Waals surface area contributed by atoms with Crippen molar-refractivity contribution in [2.45, 2.75) is 16.6 Å². The average Bonchev–Trinajstić information content (AvgIpc) is 3.34. The van der Waals surface area contributed by atoms with Gasteiger partial charge in [-0.3, -0.25) is 14.4 Å². The van der Waals surface area contributed by atoms with E-state index in [9.17, 15) is 14.4 Å². The molecule has 6 nitrogen and oxygen atoms in total. The fourth-order valence-electron chi connectivity index (χ4n) is 2.94. The fourth-order valence-corrected chi connectivity index (χ4v) is 4.35. The van der Waals surface area contributed by atoms with Crippen LogP contribution in [0.1, 0.15) is 17.0 Å². The predicted octanol–water partition coefficient (Wildman–Crippen LogP) is 4.56. The summed E-state index contributed by atoms with van der Waals surface area (Å²) in [7, 11) is 0. The van der Waals surface area contributed by atoms with Crippen molar-refractivity contribution in [2.75, 3.05) is 10.2 Å². The van der Waals surface area contributed by atoms with Crippen molar-refractivity contribution in [1.82, 2.24) is 0 Å². The first-order valence-electron chi connectivity index (χ1n) is 8.75. The van der Waals surface area contributed by atoms with Gasteiger partial charge in [0, 0.05) is 20.6 Å². The quantitative estimate of drug-likeness (QED) is 0.396. The van der Waals surface area contributed by atoms with Crippen molar-refractivity contribution in [2.24, 2.45) is 0 Å². The van der Waals surface area contributed by atoms with E-state index in [-0.39, 0.29) is 29.9 Å². The van der Waals surface area contributed by atoms with Crippen LogP contribution in [0.15, 0.2) is 76.2 Å². The van der Waals surface area contributed by atoms with Crippen molar-refractivity contribution in [3.8, 4) is 0 Å². The number of carbonyl (C=O) groups is 3. The third-order valence-electron chi connectivity index (χ3n) is 4.33. The number of rotatable bonds is 5. The predicted molar refractivity (Wildman–Crippen MR) is 119 cm³/mol. The number of benzene rings is 2. The second-order valence-electron chi connectivity index (χ2n) is 6.31. The van der Waals surface area contributed by atoms with Crippen LogP contribution in [0, 0.1) is 3.57 Å². The molecular formula is C21H15IN2O4S. The third kappa shape index (κ3) is 4.38. The molecule has 1 N–H and O–H groups in total. The van der Waals surface area contributed by atoms with Crippen LogP contribution in [0.25, 0.3) is 0 Å². The van der Waals surface area contributed by atoms with Gasteiger partial charge in [0.15, 0.2) is 5.76 Å². The number of carbonyl (C=O) groups excluding carboxylic acids is 3. The first kappa shape index (κ1) is 19.7. The number of anilines is 2. The molecule has 0 bridgehead atoms. The van der Waals surface area contributed by atoms with Gasteiger partial charge in [-0.2, -0.15) is 0 Å². The molecule has 1 fully saturated rings. The molecule has 0 radical (unpaired) electrons. The van der Waals surface area contributed by atoms with Crippen molar-refractivity contribution in [3.05, 3.63) is 76.3 Å². The average molecular weight is 518 g/mol. The highest BCUT2D eigenvalue weighted by Gasteiger charge is 2.40. The Bertz CT molecular complexity index is 1050. The molecule has 146 valence electrons. The van der Waals surface area contributed by atoms with E-state index in [2.05, 4.69) is 27.9 Å². The van der Waals surface area contributed by atoms with Gasteiger partial charge >= 0.3 is 0 Å². The van der Waals surface area contributed by atoms with Gasteiger partial charge in [-0.25, -0.2) is 4.90 Å². The summed E-state index contributed by atoms with van der Waals surface area (Å²) in [5.41, 5.74) is 1.21. The topological polar surface area (TPSA) is 79.6 Å². The summed E-state index contributed by atoms with van der Waals surface area (Å²) in [5, 5.41) is 2.27. The van der Waals surface area contributed by atoms with Gasteiger partial charge in [0.25, 0.3) is 5.91 Å². The summed E-state index contributed by atoms with van der Waals surface area (Å²) in [5.74, 6) is -0.512. The van der Waals surface area contributed by atoms with Crippen molar-refractivity contribution in [1.29, 1.82) is 0 Å². The highest BCUT2D eigenvalue weighted by atomic mass is 127. The van der Waals surface area contributed by atoms with Gasteiger partial charge < -0.3 is 9.73 Å². The van der Waals surface area contributed by atoms with Crippen LogP contribution >= 0.6 is 34.4 Å². The zero-order valence-electron chi connectivity index (χ0n) is 15.0. The van der Waals surface area contributed by atoms with E-state index in [1.54, 1.807) is 36.4 Å². The molecule has 8 heteroatoms. The maximum Gasteiger partial charge on any atom is 0.291 e. The Morgan fingerprint density at radius 3 is 2.45 bits per heavy atom. The summed E-state index contributed by atoms with van der Waals surface area (Å²) in [6, 6.07) is 17.7. The summed E-state index contributed by atoms with van der Waals surface area (Å²) < 4.78 is 6.10. The number of hydrogen-bond donors (Lipinski definition) is 1. The van der Waals surface area contributed by atoms with Crippen molar-refractivity contribution >= 4 is 63.4 Å². The minimum absolute atomic E-state index is 0.159. The molecule has 4 rings (SSSR count). The summed E-state index contributed by atoms with van der Waals surface area (Å²) >= 11 is 3.52. The summed E-state index contributed by atoms with van der Waals surface area (Å²) in [4.78, 5) is 39.3. The SMILES string of the molecule is O=C(Nc1ccc(SC2CC(=O)N(c3ccc(I)cc3)C2=O)cc1)c1ccco1. The van der Waals surface area contributed by atoms with E-state index >= 15 is 0 Å². The minimum atomic E-state index is -0.467. The minimum Gasteiger partial charge on any atom is -0.459 e. The highest BCUT2D eigenvalue weighted by molar-refractivity contribution is 14.1. The lowest BCUT2D eigenvalue weighted by atomic mass is 10.3. The number of amides is 3. The molecule has 0 spiro atoms. The molecular weight excluding hydrogens is 503 g/mol. The van der Waals surface area contributed by atoms with Gasteiger partial charge in [-0.15, -0.1) is 11.8 Å². The normalized spacial score (nSPS) is 16.3. The zero-order chi connectivity index (χ0) is 20.4. The van der Waals surface area contributed by atoms with E-state index < -0.39 is 5.25 Å². The Hall–Kier alpha value is -2.59. The number of halogens is 1. The zero-order valence-corrected chi connectivity index (χ0v) is 18.0. The van der Waals surface area contributed by atoms with Gasteiger partial charge in [-0.1, -0.05) is 0 Å². The molecule has 1 aliphatic heterocycles. The van der Waals surface area contributed by atoms with Gasteiger partial charge in [0.2, 0.25) is 11.8 Å². The second kappa shape index (κ2) is 8.42. The summed E-state index contributed by atoms with van der Waals surface area (Å²) in [6.45, 7) is 0. The number of nitrogens with zero attached hydrogens (tertiary/aromatic N) is 1. The molecule has 1 saturated heterocycles. The number of thioether (sulfide) groups is 1. The maximum atomic E-state index is 12.8. The van der Waals surface area contributed by atoms with Crippen LogP contribution in [-0.4, -0.2) is 23.0 Å². The molecule has 0 saturated carbocycles. The smallest absolute Gasteiger partial charge is 0.291 e. The highest BCUT2D eigenvalue weighted by Crippen LogP contribution is 2.34. The molecule has 3 amide bonds. The number of imide groups is 1. The monoisotopic (exact) mass is 518 g/mol. The van der Waals surface area contributed by atoms with E-state index in [4.69, 9.17) is 4.42 Å². The van der Waals surface area contributed by atoms with Crippen LogP contribution in [0.3, 0.4) is 0 Å². The second-order valence-corrected chi connectivity index (χ2v) is 8.83.